The number of ether oxygens (including phenoxy) is 2. The zero-order chi connectivity index (χ0) is 20.5. The molecule has 0 aliphatic carbocycles. The second kappa shape index (κ2) is 8.25. The number of imidazole rings is 1. The highest BCUT2D eigenvalue weighted by molar-refractivity contribution is 7.46. The molecule has 3 rings (SSSR count). The van der Waals surface area contributed by atoms with Crippen LogP contribution in [-0.2, 0) is 13.8 Å². The van der Waals surface area contributed by atoms with E-state index in [2.05, 4.69) is 19.5 Å². The summed E-state index contributed by atoms with van der Waals surface area (Å²) in [6.45, 7) is 1.79. The SMILES string of the molecule is CCCCOc1nc(N)c2ncn(C3OC(COP(=O)(O)O)C(O)C3O)c2n1. The maximum Gasteiger partial charge on any atom is 0.469 e. The number of phosphoric ester groups is 1. The zero-order valence-corrected chi connectivity index (χ0v) is 15.8. The van der Waals surface area contributed by atoms with Crippen molar-refractivity contribution in [2.24, 2.45) is 0 Å². The van der Waals surface area contributed by atoms with Crippen LogP contribution in [0, 0.1) is 0 Å². The quantitative estimate of drug-likeness (QED) is 0.267. The standard InChI is InChI=1S/C14H22N5O8P/c1-2-3-4-25-14-17-11(15)8-12(18-14)19(6-16-8)13-10(21)9(20)7(27-13)5-26-28(22,23)24/h6-7,9-10,13,20-21H,2-5H2,1H3,(H2,15,17,18)(H2,22,23,24). The fourth-order valence-corrected chi connectivity index (χ4v) is 3.08. The number of rotatable bonds is 8. The molecule has 2 aromatic rings. The van der Waals surface area contributed by atoms with Crippen molar-refractivity contribution in [1.82, 2.24) is 19.5 Å². The molecule has 0 spiro atoms. The zero-order valence-electron chi connectivity index (χ0n) is 15.0. The Kier molecular flexibility index (Phi) is 6.15. The van der Waals surface area contributed by atoms with Crippen LogP contribution in [0.15, 0.2) is 6.33 Å². The molecule has 3 heterocycles. The van der Waals surface area contributed by atoms with Gasteiger partial charge in [-0.3, -0.25) is 9.09 Å². The van der Waals surface area contributed by atoms with Crippen LogP contribution in [-0.4, -0.2) is 71.0 Å². The minimum absolute atomic E-state index is 0.0367. The van der Waals surface area contributed by atoms with Gasteiger partial charge in [0.15, 0.2) is 23.2 Å². The summed E-state index contributed by atoms with van der Waals surface area (Å²) in [4.78, 5) is 30.0. The summed E-state index contributed by atoms with van der Waals surface area (Å²) in [5, 5.41) is 20.4. The summed E-state index contributed by atoms with van der Waals surface area (Å²) >= 11 is 0. The monoisotopic (exact) mass is 419 g/mol. The average molecular weight is 419 g/mol. The molecule has 4 atom stereocenters. The third-order valence-corrected chi connectivity index (χ3v) is 4.66. The molecular formula is C14H22N5O8P. The molecule has 28 heavy (non-hydrogen) atoms. The number of nitrogen functional groups attached to an aromatic ring is 1. The van der Waals surface area contributed by atoms with Crippen LogP contribution < -0.4 is 10.5 Å². The van der Waals surface area contributed by atoms with Gasteiger partial charge in [0.2, 0.25) is 0 Å². The average Bonchev–Trinajstić information content (AvgIpc) is 3.15. The van der Waals surface area contributed by atoms with Gasteiger partial charge in [-0.15, -0.1) is 0 Å². The molecule has 0 radical (unpaired) electrons. The van der Waals surface area contributed by atoms with Gasteiger partial charge in [-0.2, -0.15) is 9.97 Å². The number of aliphatic hydroxyl groups excluding tert-OH is 2. The molecule has 6 N–H and O–H groups in total. The van der Waals surface area contributed by atoms with Gasteiger partial charge in [0.1, 0.15) is 18.3 Å². The van der Waals surface area contributed by atoms with E-state index >= 15 is 0 Å². The summed E-state index contributed by atoms with van der Waals surface area (Å²) in [7, 11) is -4.76. The lowest BCUT2D eigenvalue weighted by Gasteiger charge is -2.17. The Hall–Kier alpha value is -1.86. The first-order chi connectivity index (χ1) is 13.2. The molecule has 13 nitrogen and oxygen atoms in total. The lowest BCUT2D eigenvalue weighted by molar-refractivity contribution is -0.0504. The Morgan fingerprint density at radius 1 is 1.32 bits per heavy atom. The minimum atomic E-state index is -4.76. The van der Waals surface area contributed by atoms with Crippen molar-refractivity contribution < 1.29 is 38.6 Å². The maximum atomic E-state index is 10.9. The number of fused-ring (bicyclic) bond motifs is 1. The number of hydrogen-bond acceptors (Lipinski definition) is 10. The van der Waals surface area contributed by atoms with Crippen LogP contribution in [0.5, 0.6) is 6.01 Å². The molecule has 1 fully saturated rings. The van der Waals surface area contributed by atoms with E-state index in [1.165, 1.54) is 10.9 Å². The first-order valence-corrected chi connectivity index (χ1v) is 10.1. The molecule has 4 unspecified atom stereocenters. The number of aromatic nitrogens is 4. The summed E-state index contributed by atoms with van der Waals surface area (Å²) < 4.78 is 27.5. The fraction of sp³-hybridized carbons (Fsp3) is 0.643. The van der Waals surface area contributed by atoms with E-state index in [4.69, 9.17) is 25.0 Å². The number of aliphatic hydroxyl groups is 2. The maximum absolute atomic E-state index is 10.9. The topological polar surface area (TPSA) is 195 Å². The van der Waals surface area contributed by atoms with Crippen molar-refractivity contribution in [2.45, 2.75) is 44.3 Å². The van der Waals surface area contributed by atoms with Gasteiger partial charge in [-0.25, -0.2) is 9.55 Å². The van der Waals surface area contributed by atoms with Crippen LogP contribution in [0.25, 0.3) is 11.2 Å². The second-order valence-electron chi connectivity index (χ2n) is 6.25. The summed E-state index contributed by atoms with van der Waals surface area (Å²) in [6.07, 6.45) is -2.16. The van der Waals surface area contributed by atoms with Gasteiger partial charge in [0.05, 0.1) is 19.5 Å². The number of unbranched alkanes of at least 4 members (excludes halogenated alkanes) is 1. The number of hydrogen-bond donors (Lipinski definition) is 5. The van der Waals surface area contributed by atoms with Crippen molar-refractivity contribution in [2.75, 3.05) is 18.9 Å². The van der Waals surface area contributed by atoms with Crippen LogP contribution in [0.1, 0.15) is 26.0 Å². The summed E-state index contributed by atoms with van der Waals surface area (Å²) in [6, 6.07) is 0.0367. The Morgan fingerprint density at radius 3 is 2.75 bits per heavy atom. The highest BCUT2D eigenvalue weighted by Crippen LogP contribution is 2.39. The van der Waals surface area contributed by atoms with Gasteiger partial charge in [-0.05, 0) is 6.42 Å². The number of nitrogens with two attached hydrogens (primary N) is 1. The molecule has 0 aromatic carbocycles. The Morgan fingerprint density at radius 2 is 2.07 bits per heavy atom. The van der Waals surface area contributed by atoms with E-state index in [0.29, 0.717) is 6.61 Å². The van der Waals surface area contributed by atoms with Crippen LogP contribution in [0.3, 0.4) is 0 Å². The van der Waals surface area contributed by atoms with Gasteiger partial charge < -0.3 is 35.2 Å². The lowest BCUT2D eigenvalue weighted by Crippen LogP contribution is -2.33. The predicted molar refractivity (Wildman–Crippen MR) is 94.1 cm³/mol. The molecule has 0 bridgehead atoms. The molecule has 1 aliphatic rings. The van der Waals surface area contributed by atoms with Crippen LogP contribution >= 0.6 is 7.82 Å². The Balaban J connectivity index is 1.85. The predicted octanol–water partition coefficient (Wildman–Crippen LogP) is -0.684. The normalized spacial score (nSPS) is 25.5. The second-order valence-corrected chi connectivity index (χ2v) is 7.49. The van der Waals surface area contributed by atoms with Crippen molar-refractivity contribution >= 4 is 24.8 Å². The molecule has 2 aromatic heterocycles. The van der Waals surface area contributed by atoms with Gasteiger partial charge in [-0.1, -0.05) is 13.3 Å². The molecule has 0 amide bonds. The summed E-state index contributed by atoms with van der Waals surface area (Å²) in [5.41, 5.74) is 6.36. The molecule has 14 heteroatoms. The van der Waals surface area contributed by atoms with E-state index in [-0.39, 0.29) is 23.0 Å². The smallest absolute Gasteiger partial charge is 0.463 e. The molecule has 1 aliphatic heterocycles. The first-order valence-electron chi connectivity index (χ1n) is 8.55. The van der Waals surface area contributed by atoms with E-state index < -0.39 is 39.0 Å². The van der Waals surface area contributed by atoms with Crippen molar-refractivity contribution in [3.8, 4) is 6.01 Å². The first kappa shape index (κ1) is 20.9. The molecule has 1 saturated heterocycles. The lowest BCUT2D eigenvalue weighted by atomic mass is 10.1. The van der Waals surface area contributed by atoms with Crippen molar-refractivity contribution in [3.05, 3.63) is 6.33 Å². The van der Waals surface area contributed by atoms with Gasteiger partial charge in [0, 0.05) is 0 Å². The van der Waals surface area contributed by atoms with Gasteiger partial charge in [0.25, 0.3) is 0 Å². The van der Waals surface area contributed by atoms with Crippen molar-refractivity contribution in [1.29, 1.82) is 0 Å². The molecular weight excluding hydrogens is 397 g/mol. The van der Waals surface area contributed by atoms with Crippen LogP contribution in [0.4, 0.5) is 5.82 Å². The fourth-order valence-electron chi connectivity index (χ4n) is 2.74. The van der Waals surface area contributed by atoms with E-state index in [9.17, 15) is 14.8 Å². The van der Waals surface area contributed by atoms with Crippen molar-refractivity contribution in [3.63, 3.8) is 0 Å². The number of anilines is 1. The largest absolute Gasteiger partial charge is 0.469 e. The third kappa shape index (κ3) is 4.41. The van der Waals surface area contributed by atoms with E-state index in [0.717, 1.165) is 12.8 Å². The van der Waals surface area contributed by atoms with E-state index in [1.54, 1.807) is 0 Å². The molecule has 0 saturated carbocycles. The highest BCUT2D eigenvalue weighted by atomic mass is 31.2. The van der Waals surface area contributed by atoms with Gasteiger partial charge >= 0.3 is 13.8 Å². The van der Waals surface area contributed by atoms with Crippen LogP contribution in [0.2, 0.25) is 0 Å². The third-order valence-electron chi connectivity index (χ3n) is 4.18. The van der Waals surface area contributed by atoms with E-state index in [1.807, 2.05) is 6.92 Å². The number of phosphoric acid groups is 1. The summed E-state index contributed by atoms with van der Waals surface area (Å²) in [5.74, 6) is 0.0738. The minimum Gasteiger partial charge on any atom is -0.463 e. The highest BCUT2D eigenvalue weighted by Gasteiger charge is 2.45. The Labute approximate surface area is 159 Å². The molecule has 156 valence electrons. The number of nitrogens with zero attached hydrogens (tertiary/aromatic N) is 4. The Bertz CT molecular complexity index is 873.